The summed E-state index contributed by atoms with van der Waals surface area (Å²) in [5, 5.41) is 11.4. The van der Waals surface area contributed by atoms with Gasteiger partial charge in [0.15, 0.2) is 0 Å². The van der Waals surface area contributed by atoms with Gasteiger partial charge in [-0.1, -0.05) is 6.07 Å². The third kappa shape index (κ3) is 4.00. The van der Waals surface area contributed by atoms with Crippen LogP contribution < -0.4 is 4.72 Å². The Morgan fingerprint density at radius 1 is 1.48 bits per heavy atom. The number of nitrogens with one attached hydrogen (secondary N) is 1. The number of aryl methyl sites for hydroxylation is 1. The van der Waals surface area contributed by atoms with Crippen LogP contribution in [0.25, 0.3) is 6.08 Å². The summed E-state index contributed by atoms with van der Waals surface area (Å²) in [4.78, 5) is 15.2. The first-order chi connectivity index (χ1) is 10.8. The molecule has 1 amide bonds. The fraction of sp³-hybridized carbons (Fsp3) is 0.0714. The number of hydrogen-bond donors (Lipinski definition) is 1. The van der Waals surface area contributed by atoms with E-state index in [9.17, 15) is 17.6 Å². The SMILES string of the molecule is Cc1nc(/C=C/C(=O)NS(=O)(=O)c2cccc(F)c2C#N)cs1. The van der Waals surface area contributed by atoms with E-state index >= 15 is 0 Å². The zero-order valence-corrected chi connectivity index (χ0v) is 13.4. The van der Waals surface area contributed by atoms with E-state index in [0.29, 0.717) is 5.69 Å². The molecule has 9 heteroatoms. The highest BCUT2D eigenvalue weighted by atomic mass is 32.2. The van der Waals surface area contributed by atoms with E-state index in [2.05, 4.69) is 4.98 Å². The Balaban J connectivity index is 2.22. The van der Waals surface area contributed by atoms with Crippen LogP contribution in [0.1, 0.15) is 16.3 Å². The molecule has 118 valence electrons. The second-order valence-electron chi connectivity index (χ2n) is 4.32. The molecular formula is C14H10FN3O3S2. The monoisotopic (exact) mass is 351 g/mol. The van der Waals surface area contributed by atoms with Crippen LogP contribution in [0.5, 0.6) is 0 Å². The lowest BCUT2D eigenvalue weighted by Gasteiger charge is -2.06. The Hall–Kier alpha value is -2.57. The maximum atomic E-state index is 13.5. The second-order valence-corrected chi connectivity index (χ2v) is 7.03. The summed E-state index contributed by atoms with van der Waals surface area (Å²) >= 11 is 1.38. The maximum absolute atomic E-state index is 13.5. The topological polar surface area (TPSA) is 99.9 Å². The van der Waals surface area contributed by atoms with Gasteiger partial charge in [0.05, 0.1) is 10.7 Å². The molecule has 0 saturated heterocycles. The van der Waals surface area contributed by atoms with Crippen molar-refractivity contribution in [3.05, 3.63) is 51.7 Å². The van der Waals surface area contributed by atoms with Crippen molar-refractivity contribution in [2.75, 3.05) is 0 Å². The predicted octanol–water partition coefficient (Wildman–Crippen LogP) is 1.98. The number of amides is 1. The molecule has 2 aromatic rings. The number of rotatable bonds is 4. The minimum atomic E-state index is -4.36. The molecule has 0 radical (unpaired) electrons. The smallest absolute Gasteiger partial charge is 0.265 e. The molecule has 1 aromatic carbocycles. The van der Waals surface area contributed by atoms with Gasteiger partial charge < -0.3 is 0 Å². The molecule has 0 aliphatic heterocycles. The first kappa shape index (κ1) is 16.8. The summed E-state index contributed by atoms with van der Waals surface area (Å²) in [6, 6.07) is 4.62. The summed E-state index contributed by atoms with van der Waals surface area (Å²) in [7, 11) is -4.36. The normalized spacial score (nSPS) is 11.3. The molecule has 1 heterocycles. The van der Waals surface area contributed by atoms with Crippen molar-refractivity contribution in [3.8, 4) is 6.07 Å². The number of thiazole rings is 1. The first-order valence-electron chi connectivity index (χ1n) is 6.19. The van der Waals surface area contributed by atoms with E-state index < -0.39 is 32.2 Å². The average Bonchev–Trinajstić information content (AvgIpc) is 2.90. The minimum absolute atomic E-state index is 0.517. The maximum Gasteiger partial charge on any atom is 0.265 e. The Labute approximate surface area is 136 Å². The molecule has 0 unspecified atom stereocenters. The first-order valence-corrected chi connectivity index (χ1v) is 8.55. The van der Waals surface area contributed by atoms with Gasteiger partial charge in [-0.15, -0.1) is 11.3 Å². The number of carbonyl (C=O) groups is 1. The van der Waals surface area contributed by atoms with Crippen molar-refractivity contribution in [2.24, 2.45) is 0 Å². The highest BCUT2D eigenvalue weighted by Gasteiger charge is 2.22. The van der Waals surface area contributed by atoms with E-state index in [1.165, 1.54) is 23.5 Å². The Morgan fingerprint density at radius 3 is 2.83 bits per heavy atom. The fourth-order valence-electron chi connectivity index (χ4n) is 1.68. The fourth-order valence-corrected chi connectivity index (χ4v) is 3.37. The van der Waals surface area contributed by atoms with Crippen molar-refractivity contribution < 1.29 is 17.6 Å². The van der Waals surface area contributed by atoms with Crippen LogP contribution in [0.3, 0.4) is 0 Å². The van der Waals surface area contributed by atoms with E-state index in [1.54, 1.807) is 17.0 Å². The molecular weight excluding hydrogens is 341 g/mol. The number of benzene rings is 1. The van der Waals surface area contributed by atoms with Crippen molar-refractivity contribution in [1.29, 1.82) is 5.26 Å². The average molecular weight is 351 g/mol. The Morgan fingerprint density at radius 2 is 2.22 bits per heavy atom. The van der Waals surface area contributed by atoms with Crippen molar-refractivity contribution >= 4 is 33.3 Å². The van der Waals surface area contributed by atoms with E-state index in [1.807, 2.05) is 0 Å². The standard InChI is InChI=1S/C14H10FN3O3S2/c1-9-17-10(8-22-9)5-6-14(19)18-23(20,21)13-4-2-3-12(15)11(13)7-16/h2-6,8H,1H3,(H,18,19)/b6-5+. The summed E-state index contributed by atoms with van der Waals surface area (Å²) in [5.41, 5.74) is -0.129. The molecule has 0 fully saturated rings. The van der Waals surface area contributed by atoms with Gasteiger partial charge in [0.2, 0.25) is 0 Å². The van der Waals surface area contributed by atoms with Gasteiger partial charge in [-0.3, -0.25) is 4.79 Å². The van der Waals surface area contributed by atoms with Crippen LogP contribution in [0, 0.1) is 24.1 Å². The van der Waals surface area contributed by atoms with Crippen LogP contribution in [-0.4, -0.2) is 19.3 Å². The molecule has 0 spiro atoms. The Kier molecular flexibility index (Phi) is 4.88. The van der Waals surface area contributed by atoms with Gasteiger partial charge in [0, 0.05) is 11.5 Å². The summed E-state index contributed by atoms with van der Waals surface area (Å²) < 4.78 is 39.4. The Bertz CT molecular complexity index is 927. The van der Waals surface area contributed by atoms with Crippen LogP contribution in [-0.2, 0) is 14.8 Å². The molecule has 23 heavy (non-hydrogen) atoms. The molecule has 0 atom stereocenters. The van der Waals surface area contributed by atoms with Crippen molar-refractivity contribution in [2.45, 2.75) is 11.8 Å². The number of sulfonamides is 1. The molecule has 1 aromatic heterocycles. The number of nitrogens with zero attached hydrogens (tertiary/aromatic N) is 2. The zero-order valence-electron chi connectivity index (χ0n) is 11.8. The van der Waals surface area contributed by atoms with Crippen LogP contribution in [0.4, 0.5) is 4.39 Å². The minimum Gasteiger partial charge on any atom is -0.269 e. The molecule has 0 aliphatic rings. The number of hydrogen-bond acceptors (Lipinski definition) is 6. The lowest BCUT2D eigenvalue weighted by Crippen LogP contribution is -2.29. The molecule has 0 saturated carbocycles. The van der Waals surface area contributed by atoms with Gasteiger partial charge in [-0.2, -0.15) is 5.26 Å². The van der Waals surface area contributed by atoms with E-state index in [4.69, 9.17) is 5.26 Å². The summed E-state index contributed by atoms with van der Waals surface area (Å²) in [6.45, 7) is 1.79. The molecule has 1 N–H and O–H groups in total. The molecule has 0 aliphatic carbocycles. The number of aromatic nitrogens is 1. The lowest BCUT2D eigenvalue weighted by molar-refractivity contribution is -0.114. The van der Waals surface area contributed by atoms with Gasteiger partial charge >= 0.3 is 0 Å². The van der Waals surface area contributed by atoms with E-state index in [0.717, 1.165) is 29.3 Å². The number of halogens is 1. The summed E-state index contributed by atoms with van der Waals surface area (Å²) in [5.74, 6) is -1.90. The van der Waals surface area contributed by atoms with Crippen LogP contribution in [0.15, 0.2) is 34.6 Å². The highest BCUT2D eigenvalue weighted by molar-refractivity contribution is 7.90. The van der Waals surface area contributed by atoms with Gasteiger partial charge in [0.25, 0.3) is 15.9 Å². The summed E-state index contributed by atoms with van der Waals surface area (Å²) in [6.07, 6.45) is 2.35. The van der Waals surface area contributed by atoms with Gasteiger partial charge in [0.1, 0.15) is 22.3 Å². The zero-order chi connectivity index (χ0) is 17.0. The second kappa shape index (κ2) is 6.68. The third-order valence-electron chi connectivity index (χ3n) is 2.65. The van der Waals surface area contributed by atoms with Gasteiger partial charge in [-0.25, -0.2) is 22.5 Å². The number of carbonyl (C=O) groups excluding carboxylic acids is 1. The highest BCUT2D eigenvalue weighted by Crippen LogP contribution is 2.17. The third-order valence-corrected chi connectivity index (χ3v) is 4.83. The predicted molar refractivity (Wildman–Crippen MR) is 82.3 cm³/mol. The molecule has 6 nitrogen and oxygen atoms in total. The quantitative estimate of drug-likeness (QED) is 0.849. The molecule has 0 bridgehead atoms. The number of nitriles is 1. The largest absolute Gasteiger partial charge is 0.269 e. The lowest BCUT2D eigenvalue weighted by atomic mass is 10.2. The van der Waals surface area contributed by atoms with Gasteiger partial charge in [-0.05, 0) is 25.1 Å². The van der Waals surface area contributed by atoms with Crippen LogP contribution in [0.2, 0.25) is 0 Å². The van der Waals surface area contributed by atoms with Crippen LogP contribution >= 0.6 is 11.3 Å². The van der Waals surface area contributed by atoms with E-state index in [-0.39, 0.29) is 0 Å². The van der Waals surface area contributed by atoms with Crippen molar-refractivity contribution in [3.63, 3.8) is 0 Å². The molecule has 2 rings (SSSR count). The van der Waals surface area contributed by atoms with Crippen molar-refractivity contribution in [1.82, 2.24) is 9.71 Å².